The van der Waals surface area contributed by atoms with E-state index >= 15 is 0 Å². The summed E-state index contributed by atoms with van der Waals surface area (Å²) in [5.41, 5.74) is 0.840. The van der Waals surface area contributed by atoms with Crippen molar-refractivity contribution in [3.05, 3.63) is 35.1 Å². The van der Waals surface area contributed by atoms with Crippen LogP contribution in [0.4, 0.5) is 8.78 Å². The molecule has 0 amide bonds. The largest absolute Gasteiger partial charge is 0.242 e. The Morgan fingerprint density at radius 1 is 1.36 bits per heavy atom. The minimum atomic E-state index is -1.23. The van der Waals surface area contributed by atoms with E-state index in [-0.39, 0.29) is 5.56 Å². The summed E-state index contributed by atoms with van der Waals surface area (Å²) >= 11 is 0. The first-order valence-corrected chi connectivity index (χ1v) is 3.52. The lowest BCUT2D eigenvalue weighted by molar-refractivity contribution is 0.359. The number of benzene rings is 1. The molecule has 0 aliphatic carbocycles. The topological polar surface area (TPSA) is 0 Å². The van der Waals surface area contributed by atoms with Crippen molar-refractivity contribution in [1.29, 1.82) is 0 Å². The first kappa shape index (κ1) is 8.18. The van der Waals surface area contributed by atoms with Crippen molar-refractivity contribution in [1.82, 2.24) is 0 Å². The highest BCUT2D eigenvalue weighted by Gasteiger charge is 2.10. The second-order valence-electron chi connectivity index (χ2n) is 2.59. The van der Waals surface area contributed by atoms with Crippen LogP contribution in [-0.4, -0.2) is 0 Å². The summed E-state index contributed by atoms with van der Waals surface area (Å²) in [5, 5.41) is 0. The first-order chi connectivity index (χ1) is 5.13. The molecular formula is C9H10F2. The van der Waals surface area contributed by atoms with Crippen molar-refractivity contribution in [2.45, 2.75) is 20.0 Å². The fourth-order valence-corrected chi connectivity index (χ4v) is 1.15. The third-order valence-corrected chi connectivity index (χ3v) is 1.67. The van der Waals surface area contributed by atoms with Gasteiger partial charge in [-0.1, -0.05) is 12.1 Å². The lowest BCUT2D eigenvalue weighted by Crippen LogP contribution is -1.94. The maximum Gasteiger partial charge on any atom is 0.129 e. The van der Waals surface area contributed by atoms with Gasteiger partial charge in [0, 0.05) is 5.56 Å². The second-order valence-corrected chi connectivity index (χ2v) is 2.59. The fourth-order valence-electron chi connectivity index (χ4n) is 1.15. The Bertz CT molecular complexity index is 233. The molecule has 60 valence electrons. The van der Waals surface area contributed by atoms with Gasteiger partial charge in [0.05, 0.1) is 0 Å². The molecule has 0 bridgehead atoms. The van der Waals surface area contributed by atoms with Gasteiger partial charge < -0.3 is 0 Å². The van der Waals surface area contributed by atoms with Gasteiger partial charge in [-0.3, -0.25) is 0 Å². The molecule has 1 unspecified atom stereocenters. The van der Waals surface area contributed by atoms with Crippen molar-refractivity contribution >= 4 is 0 Å². The number of hydrogen-bond donors (Lipinski definition) is 0. The van der Waals surface area contributed by atoms with Gasteiger partial charge in [-0.25, -0.2) is 8.78 Å². The molecule has 1 rings (SSSR count). The Morgan fingerprint density at radius 3 is 2.36 bits per heavy atom. The van der Waals surface area contributed by atoms with Crippen molar-refractivity contribution in [2.24, 2.45) is 0 Å². The quantitative estimate of drug-likeness (QED) is 0.585. The molecule has 0 aromatic heterocycles. The molecule has 0 aliphatic rings. The second kappa shape index (κ2) is 2.99. The predicted molar refractivity (Wildman–Crippen MR) is 40.7 cm³/mol. The Labute approximate surface area is 64.9 Å². The third kappa shape index (κ3) is 1.56. The highest BCUT2D eigenvalue weighted by atomic mass is 19.1. The van der Waals surface area contributed by atoms with Gasteiger partial charge in [0.1, 0.15) is 12.0 Å². The molecule has 11 heavy (non-hydrogen) atoms. The van der Waals surface area contributed by atoms with Gasteiger partial charge >= 0.3 is 0 Å². The van der Waals surface area contributed by atoms with E-state index in [4.69, 9.17) is 0 Å². The summed E-state index contributed by atoms with van der Waals surface area (Å²) in [6.07, 6.45) is -1.23. The maximum absolute atomic E-state index is 12.9. The minimum absolute atomic E-state index is 0.174. The third-order valence-electron chi connectivity index (χ3n) is 1.67. The minimum Gasteiger partial charge on any atom is -0.242 e. The van der Waals surface area contributed by atoms with E-state index < -0.39 is 12.0 Å². The Balaban J connectivity index is 3.21. The maximum atomic E-state index is 12.9. The number of hydrogen-bond acceptors (Lipinski definition) is 0. The number of alkyl halides is 1. The highest BCUT2D eigenvalue weighted by molar-refractivity contribution is 5.28. The SMILES string of the molecule is Cc1cccc(F)c1C(C)F. The van der Waals surface area contributed by atoms with E-state index in [1.165, 1.54) is 13.0 Å². The van der Waals surface area contributed by atoms with Crippen LogP contribution in [0.15, 0.2) is 18.2 Å². The standard InChI is InChI=1S/C9H10F2/c1-6-4-3-5-8(11)9(6)7(2)10/h3-5,7H,1-2H3. The van der Waals surface area contributed by atoms with E-state index in [2.05, 4.69) is 0 Å². The molecule has 0 nitrogen and oxygen atoms in total. The van der Waals surface area contributed by atoms with Crippen molar-refractivity contribution in [3.8, 4) is 0 Å². The molecule has 0 fully saturated rings. The van der Waals surface area contributed by atoms with Crippen molar-refractivity contribution in [2.75, 3.05) is 0 Å². The van der Waals surface area contributed by atoms with Crippen LogP contribution in [0, 0.1) is 12.7 Å². The molecule has 0 spiro atoms. The number of halogens is 2. The molecular weight excluding hydrogens is 146 g/mol. The van der Waals surface area contributed by atoms with E-state index in [1.54, 1.807) is 19.1 Å². The molecule has 0 saturated carbocycles. The van der Waals surface area contributed by atoms with E-state index in [0.717, 1.165) is 0 Å². The van der Waals surface area contributed by atoms with Gasteiger partial charge in [0.2, 0.25) is 0 Å². The average molecular weight is 156 g/mol. The highest BCUT2D eigenvalue weighted by Crippen LogP contribution is 2.23. The smallest absolute Gasteiger partial charge is 0.129 e. The Kier molecular flexibility index (Phi) is 2.22. The zero-order valence-corrected chi connectivity index (χ0v) is 6.57. The molecule has 0 saturated heterocycles. The molecule has 0 aliphatic heterocycles. The summed E-state index contributed by atoms with van der Waals surface area (Å²) in [7, 11) is 0. The van der Waals surface area contributed by atoms with Crippen molar-refractivity contribution < 1.29 is 8.78 Å². The van der Waals surface area contributed by atoms with Gasteiger partial charge in [-0.15, -0.1) is 0 Å². The summed E-state index contributed by atoms with van der Waals surface area (Å²) in [6, 6.07) is 4.56. The van der Waals surface area contributed by atoms with Crippen LogP contribution in [-0.2, 0) is 0 Å². The molecule has 2 heteroatoms. The van der Waals surface area contributed by atoms with Crippen LogP contribution in [0.25, 0.3) is 0 Å². The lowest BCUT2D eigenvalue weighted by atomic mass is 10.1. The monoisotopic (exact) mass is 156 g/mol. The number of rotatable bonds is 1. The summed E-state index contributed by atoms with van der Waals surface area (Å²) < 4.78 is 25.6. The summed E-state index contributed by atoms with van der Waals surface area (Å²) in [6.45, 7) is 3.04. The number of aryl methyl sites for hydroxylation is 1. The van der Waals surface area contributed by atoms with Crippen LogP contribution in [0.1, 0.15) is 24.2 Å². The van der Waals surface area contributed by atoms with Gasteiger partial charge in [0.15, 0.2) is 0 Å². The van der Waals surface area contributed by atoms with E-state index in [1.807, 2.05) is 0 Å². The van der Waals surface area contributed by atoms with Crippen molar-refractivity contribution in [3.63, 3.8) is 0 Å². The van der Waals surface area contributed by atoms with E-state index in [0.29, 0.717) is 5.56 Å². The molecule has 1 atom stereocenters. The normalized spacial score (nSPS) is 13.1. The van der Waals surface area contributed by atoms with Gasteiger partial charge in [-0.05, 0) is 25.5 Å². The predicted octanol–water partition coefficient (Wildman–Crippen LogP) is 3.16. The van der Waals surface area contributed by atoms with Crippen LogP contribution in [0.3, 0.4) is 0 Å². The molecule has 0 radical (unpaired) electrons. The van der Waals surface area contributed by atoms with Gasteiger partial charge in [-0.2, -0.15) is 0 Å². The summed E-state index contributed by atoms with van der Waals surface area (Å²) in [5.74, 6) is -0.458. The molecule has 1 aromatic rings. The van der Waals surface area contributed by atoms with Crippen LogP contribution < -0.4 is 0 Å². The lowest BCUT2D eigenvalue weighted by Gasteiger charge is -2.06. The Morgan fingerprint density at radius 2 is 2.00 bits per heavy atom. The van der Waals surface area contributed by atoms with Crippen LogP contribution in [0.5, 0.6) is 0 Å². The zero-order valence-electron chi connectivity index (χ0n) is 6.57. The van der Waals surface area contributed by atoms with Crippen LogP contribution in [0.2, 0.25) is 0 Å². The fraction of sp³-hybridized carbons (Fsp3) is 0.333. The first-order valence-electron chi connectivity index (χ1n) is 3.52. The average Bonchev–Trinajstić information content (AvgIpc) is 1.85. The van der Waals surface area contributed by atoms with Crippen LogP contribution >= 0.6 is 0 Å². The molecule has 1 aromatic carbocycles. The van der Waals surface area contributed by atoms with E-state index in [9.17, 15) is 8.78 Å². The molecule has 0 heterocycles. The zero-order chi connectivity index (χ0) is 8.43. The molecule has 0 N–H and O–H groups in total. The summed E-state index contributed by atoms with van der Waals surface area (Å²) in [4.78, 5) is 0. The Hall–Kier alpha value is -0.920. The van der Waals surface area contributed by atoms with Gasteiger partial charge in [0.25, 0.3) is 0 Å².